The molecule has 30 heavy (non-hydrogen) atoms. The molecule has 0 aliphatic carbocycles. The molecule has 9 heteroatoms. The molecular formula is C21H27FN6O2. The number of anilines is 1. The Kier molecular flexibility index (Phi) is 7.22. The number of nitriles is 1. The fourth-order valence-corrected chi connectivity index (χ4v) is 3.79. The molecule has 2 saturated heterocycles. The SMILES string of the molecule is Cc1cc(F)ccc1NC(=N[C@H]1CCCCN(CC(=O)N2CCCC2)C1=O)NC#N. The first kappa shape index (κ1) is 21.6. The number of rotatable bonds is 4. The average Bonchev–Trinajstić information content (AvgIpc) is 3.20. The van der Waals surface area contributed by atoms with Gasteiger partial charge in [-0.2, -0.15) is 5.26 Å². The van der Waals surface area contributed by atoms with Gasteiger partial charge in [0.15, 0.2) is 6.19 Å². The summed E-state index contributed by atoms with van der Waals surface area (Å²) in [6, 6.07) is 3.54. The summed E-state index contributed by atoms with van der Waals surface area (Å²) < 4.78 is 13.4. The molecule has 2 aliphatic rings. The monoisotopic (exact) mass is 414 g/mol. The zero-order valence-corrected chi connectivity index (χ0v) is 17.2. The zero-order chi connectivity index (χ0) is 21.5. The van der Waals surface area contributed by atoms with Crippen molar-refractivity contribution in [2.24, 2.45) is 4.99 Å². The van der Waals surface area contributed by atoms with E-state index in [1.807, 2.05) is 6.19 Å². The third-order valence-corrected chi connectivity index (χ3v) is 5.44. The molecule has 0 bridgehead atoms. The first-order chi connectivity index (χ1) is 14.5. The van der Waals surface area contributed by atoms with Gasteiger partial charge in [-0.05, 0) is 62.8 Å². The minimum Gasteiger partial charge on any atom is -0.341 e. The van der Waals surface area contributed by atoms with Crippen LogP contribution in [0.2, 0.25) is 0 Å². The van der Waals surface area contributed by atoms with Gasteiger partial charge in [0.05, 0.1) is 6.54 Å². The lowest BCUT2D eigenvalue weighted by atomic mass is 10.1. The zero-order valence-electron chi connectivity index (χ0n) is 17.2. The van der Waals surface area contributed by atoms with Gasteiger partial charge in [0.2, 0.25) is 17.8 Å². The van der Waals surface area contributed by atoms with Crippen molar-refractivity contribution in [2.75, 3.05) is 31.5 Å². The first-order valence-electron chi connectivity index (χ1n) is 10.3. The van der Waals surface area contributed by atoms with E-state index >= 15 is 0 Å². The maximum atomic E-state index is 13.4. The Bertz CT molecular complexity index is 860. The Morgan fingerprint density at radius 2 is 2.00 bits per heavy atom. The molecule has 8 nitrogen and oxygen atoms in total. The van der Waals surface area contributed by atoms with Gasteiger partial charge in [-0.1, -0.05) is 0 Å². The Morgan fingerprint density at radius 1 is 1.27 bits per heavy atom. The fraction of sp³-hybridized carbons (Fsp3) is 0.524. The molecule has 0 aromatic heterocycles. The number of hydrogen-bond donors (Lipinski definition) is 2. The van der Waals surface area contributed by atoms with Gasteiger partial charge < -0.3 is 15.1 Å². The van der Waals surface area contributed by atoms with Gasteiger partial charge >= 0.3 is 0 Å². The third kappa shape index (κ3) is 5.47. The van der Waals surface area contributed by atoms with E-state index in [0.717, 1.165) is 38.8 Å². The molecule has 1 aromatic carbocycles. The summed E-state index contributed by atoms with van der Waals surface area (Å²) in [5, 5.41) is 14.5. The van der Waals surface area contributed by atoms with Crippen molar-refractivity contribution in [3.05, 3.63) is 29.6 Å². The van der Waals surface area contributed by atoms with Gasteiger partial charge in [-0.15, -0.1) is 0 Å². The van der Waals surface area contributed by atoms with E-state index in [0.29, 0.717) is 24.2 Å². The highest BCUT2D eigenvalue weighted by molar-refractivity contribution is 5.97. The Morgan fingerprint density at radius 3 is 2.70 bits per heavy atom. The summed E-state index contributed by atoms with van der Waals surface area (Å²) in [6.45, 7) is 3.82. The van der Waals surface area contributed by atoms with Crippen molar-refractivity contribution in [3.8, 4) is 6.19 Å². The van der Waals surface area contributed by atoms with Crippen LogP contribution in [0, 0.1) is 24.2 Å². The maximum Gasteiger partial charge on any atom is 0.247 e. The predicted octanol–water partition coefficient (Wildman–Crippen LogP) is 1.98. The van der Waals surface area contributed by atoms with Crippen LogP contribution < -0.4 is 10.6 Å². The Balaban J connectivity index is 1.74. The van der Waals surface area contributed by atoms with Crippen LogP contribution >= 0.6 is 0 Å². The quantitative estimate of drug-likeness (QED) is 0.340. The van der Waals surface area contributed by atoms with E-state index in [1.165, 1.54) is 12.1 Å². The summed E-state index contributed by atoms with van der Waals surface area (Å²) in [5.41, 5.74) is 1.23. The number of benzene rings is 1. The molecule has 2 aliphatic heterocycles. The van der Waals surface area contributed by atoms with Gasteiger partial charge in [0, 0.05) is 25.3 Å². The van der Waals surface area contributed by atoms with Crippen molar-refractivity contribution < 1.29 is 14.0 Å². The second-order valence-electron chi connectivity index (χ2n) is 7.66. The van der Waals surface area contributed by atoms with Crippen molar-refractivity contribution in [2.45, 2.75) is 45.1 Å². The maximum absolute atomic E-state index is 13.4. The number of aryl methyl sites for hydroxylation is 1. The highest BCUT2D eigenvalue weighted by Crippen LogP contribution is 2.18. The molecule has 1 atom stereocenters. The van der Waals surface area contributed by atoms with Crippen LogP contribution in [0.5, 0.6) is 0 Å². The molecule has 2 heterocycles. The van der Waals surface area contributed by atoms with Crippen LogP contribution in [0.1, 0.15) is 37.7 Å². The highest BCUT2D eigenvalue weighted by atomic mass is 19.1. The fourth-order valence-electron chi connectivity index (χ4n) is 3.79. The van der Waals surface area contributed by atoms with E-state index in [2.05, 4.69) is 15.6 Å². The number of carbonyl (C=O) groups is 2. The van der Waals surface area contributed by atoms with Crippen LogP contribution in [0.3, 0.4) is 0 Å². The second kappa shape index (κ2) is 10.1. The molecule has 1 aromatic rings. The lowest BCUT2D eigenvalue weighted by Crippen LogP contribution is -2.45. The van der Waals surface area contributed by atoms with Crippen molar-refractivity contribution in [1.29, 1.82) is 5.26 Å². The summed E-state index contributed by atoms with van der Waals surface area (Å²) >= 11 is 0. The highest BCUT2D eigenvalue weighted by Gasteiger charge is 2.30. The van der Waals surface area contributed by atoms with E-state index in [1.54, 1.807) is 22.8 Å². The molecule has 2 fully saturated rings. The van der Waals surface area contributed by atoms with Crippen LogP contribution in [-0.4, -0.2) is 59.8 Å². The average molecular weight is 414 g/mol. The molecule has 2 N–H and O–H groups in total. The molecule has 2 amide bonds. The molecule has 0 spiro atoms. The number of carbonyl (C=O) groups excluding carboxylic acids is 2. The minimum atomic E-state index is -0.692. The molecule has 160 valence electrons. The number of halogens is 1. The minimum absolute atomic E-state index is 0.0269. The summed E-state index contributed by atoms with van der Waals surface area (Å²) in [5.74, 6) is -0.476. The number of likely N-dealkylation sites (tertiary alicyclic amines) is 2. The largest absolute Gasteiger partial charge is 0.341 e. The molecule has 0 saturated carbocycles. The third-order valence-electron chi connectivity index (χ3n) is 5.44. The van der Waals surface area contributed by atoms with Crippen molar-refractivity contribution >= 4 is 23.5 Å². The van der Waals surface area contributed by atoms with E-state index < -0.39 is 6.04 Å². The number of aliphatic imine (C=N–C) groups is 1. The normalized spacial score (nSPS) is 20.0. The van der Waals surface area contributed by atoms with Gasteiger partial charge in [-0.25, -0.2) is 9.38 Å². The van der Waals surface area contributed by atoms with Crippen LogP contribution in [0.25, 0.3) is 0 Å². The summed E-state index contributed by atoms with van der Waals surface area (Å²) in [6.07, 6.45) is 5.96. The van der Waals surface area contributed by atoms with Crippen LogP contribution in [-0.2, 0) is 9.59 Å². The lowest BCUT2D eigenvalue weighted by molar-refractivity contribution is -0.140. The van der Waals surface area contributed by atoms with E-state index in [9.17, 15) is 14.0 Å². The number of amides is 2. The molecular weight excluding hydrogens is 387 g/mol. The van der Waals surface area contributed by atoms with E-state index in [-0.39, 0.29) is 30.1 Å². The molecule has 0 unspecified atom stereocenters. The van der Waals surface area contributed by atoms with Crippen molar-refractivity contribution in [1.82, 2.24) is 15.1 Å². The number of nitrogens with zero attached hydrogens (tertiary/aromatic N) is 4. The Labute approximate surface area is 175 Å². The summed E-state index contributed by atoms with van der Waals surface area (Å²) in [7, 11) is 0. The molecule has 3 rings (SSSR count). The summed E-state index contributed by atoms with van der Waals surface area (Å²) in [4.78, 5) is 33.4. The van der Waals surface area contributed by atoms with Crippen LogP contribution in [0.15, 0.2) is 23.2 Å². The number of hydrogen-bond acceptors (Lipinski definition) is 4. The second-order valence-corrected chi connectivity index (χ2v) is 7.66. The lowest BCUT2D eigenvalue weighted by Gasteiger charge is -2.25. The van der Waals surface area contributed by atoms with Gasteiger partial charge in [0.25, 0.3) is 0 Å². The smallest absolute Gasteiger partial charge is 0.247 e. The van der Waals surface area contributed by atoms with E-state index in [4.69, 9.17) is 5.26 Å². The standard InChI is InChI=1S/C21H27FN6O2/c1-15-12-16(22)7-8-17(15)25-21(24-14-23)26-18-6-2-3-11-28(20(18)30)13-19(29)27-9-4-5-10-27/h7-8,12,18H,2-6,9-11,13H2,1H3,(H2,24,25,26)/t18-/m0/s1. The molecule has 0 radical (unpaired) electrons. The first-order valence-corrected chi connectivity index (χ1v) is 10.3. The number of guanidine groups is 1. The van der Waals surface area contributed by atoms with Crippen LogP contribution in [0.4, 0.5) is 10.1 Å². The van der Waals surface area contributed by atoms with Gasteiger partial charge in [-0.3, -0.25) is 14.9 Å². The predicted molar refractivity (Wildman–Crippen MR) is 111 cm³/mol. The topological polar surface area (TPSA) is 101 Å². The number of nitrogens with one attached hydrogen (secondary N) is 2. The Hall–Kier alpha value is -3.15. The van der Waals surface area contributed by atoms with Crippen molar-refractivity contribution in [3.63, 3.8) is 0 Å². The van der Waals surface area contributed by atoms with Gasteiger partial charge in [0.1, 0.15) is 11.9 Å².